The van der Waals surface area contributed by atoms with E-state index in [2.05, 4.69) is 27.0 Å². The molecule has 1 aromatic heterocycles. The van der Waals surface area contributed by atoms with Crippen molar-refractivity contribution in [3.8, 4) is 11.3 Å². The lowest BCUT2D eigenvalue weighted by Gasteiger charge is -2.05. The summed E-state index contributed by atoms with van der Waals surface area (Å²) >= 11 is 9.89. The zero-order chi connectivity index (χ0) is 16.4. The SMILES string of the molecule is NCCCCc1c(-c2ccc(F)cc2)[nH]c2c(Cl)cc(Br)cc12. The molecule has 2 nitrogen and oxygen atoms in total. The summed E-state index contributed by atoms with van der Waals surface area (Å²) in [4.78, 5) is 3.42. The number of nitrogens with one attached hydrogen (secondary N) is 1. The zero-order valence-corrected chi connectivity index (χ0v) is 14.8. The van der Waals surface area contributed by atoms with Crippen LogP contribution >= 0.6 is 27.5 Å². The van der Waals surface area contributed by atoms with E-state index in [9.17, 15) is 4.39 Å². The molecule has 0 saturated carbocycles. The van der Waals surface area contributed by atoms with Crippen LogP contribution in [0.15, 0.2) is 40.9 Å². The third kappa shape index (κ3) is 3.44. The van der Waals surface area contributed by atoms with E-state index in [0.717, 1.165) is 45.9 Å². The van der Waals surface area contributed by atoms with Gasteiger partial charge in [-0.15, -0.1) is 0 Å². The van der Waals surface area contributed by atoms with Crippen LogP contribution in [0.5, 0.6) is 0 Å². The van der Waals surface area contributed by atoms with Gasteiger partial charge in [0.05, 0.1) is 10.5 Å². The van der Waals surface area contributed by atoms with Gasteiger partial charge in [-0.25, -0.2) is 4.39 Å². The van der Waals surface area contributed by atoms with Crippen LogP contribution in [0, 0.1) is 5.82 Å². The van der Waals surface area contributed by atoms with Crippen molar-refractivity contribution in [2.24, 2.45) is 5.73 Å². The molecule has 3 rings (SSSR count). The Morgan fingerprint density at radius 2 is 1.87 bits per heavy atom. The largest absolute Gasteiger partial charge is 0.353 e. The summed E-state index contributed by atoms with van der Waals surface area (Å²) in [5.74, 6) is -0.240. The average molecular weight is 396 g/mol. The molecule has 0 bridgehead atoms. The summed E-state index contributed by atoms with van der Waals surface area (Å²) < 4.78 is 14.2. The number of aryl methyl sites for hydroxylation is 1. The number of H-pyrrole nitrogens is 1. The maximum atomic E-state index is 13.2. The van der Waals surface area contributed by atoms with Crippen LogP contribution in [0.4, 0.5) is 4.39 Å². The Balaban J connectivity index is 2.16. The number of nitrogens with two attached hydrogens (primary N) is 1. The van der Waals surface area contributed by atoms with E-state index in [-0.39, 0.29) is 5.82 Å². The molecule has 0 saturated heterocycles. The second kappa shape index (κ2) is 7.04. The fourth-order valence-electron chi connectivity index (χ4n) is 2.84. The third-order valence-corrected chi connectivity index (χ3v) is 4.70. The Hall–Kier alpha value is -1.36. The van der Waals surface area contributed by atoms with E-state index in [1.54, 1.807) is 12.1 Å². The van der Waals surface area contributed by atoms with Crippen molar-refractivity contribution in [2.75, 3.05) is 6.54 Å². The van der Waals surface area contributed by atoms with Gasteiger partial charge >= 0.3 is 0 Å². The summed E-state index contributed by atoms with van der Waals surface area (Å²) in [5.41, 5.74) is 9.68. The van der Waals surface area contributed by atoms with Crippen LogP contribution < -0.4 is 5.73 Å². The van der Waals surface area contributed by atoms with Crippen LogP contribution in [0.25, 0.3) is 22.2 Å². The van der Waals surface area contributed by atoms with E-state index in [1.165, 1.54) is 17.7 Å². The predicted molar refractivity (Wildman–Crippen MR) is 98.4 cm³/mol. The lowest BCUT2D eigenvalue weighted by atomic mass is 10.0. The molecule has 0 radical (unpaired) electrons. The van der Waals surface area contributed by atoms with E-state index in [1.807, 2.05) is 6.07 Å². The van der Waals surface area contributed by atoms with Crippen molar-refractivity contribution < 1.29 is 4.39 Å². The van der Waals surface area contributed by atoms with E-state index in [4.69, 9.17) is 17.3 Å². The highest BCUT2D eigenvalue weighted by Crippen LogP contribution is 2.36. The maximum absolute atomic E-state index is 13.2. The first-order chi connectivity index (χ1) is 11.1. The second-order valence-corrected chi connectivity index (χ2v) is 6.86. The topological polar surface area (TPSA) is 41.8 Å². The zero-order valence-electron chi connectivity index (χ0n) is 12.5. The normalized spacial score (nSPS) is 11.3. The van der Waals surface area contributed by atoms with E-state index >= 15 is 0 Å². The lowest BCUT2D eigenvalue weighted by molar-refractivity contribution is 0.628. The van der Waals surface area contributed by atoms with Gasteiger partial charge in [-0.05, 0) is 73.3 Å². The van der Waals surface area contributed by atoms with Gasteiger partial charge in [0.15, 0.2) is 0 Å². The molecule has 120 valence electrons. The van der Waals surface area contributed by atoms with Crippen molar-refractivity contribution in [1.82, 2.24) is 4.98 Å². The minimum atomic E-state index is -0.240. The monoisotopic (exact) mass is 394 g/mol. The van der Waals surface area contributed by atoms with Gasteiger partial charge in [-0.1, -0.05) is 27.5 Å². The molecule has 1 heterocycles. The number of halogens is 3. The summed E-state index contributed by atoms with van der Waals surface area (Å²) in [6.07, 6.45) is 2.87. The van der Waals surface area contributed by atoms with Crippen molar-refractivity contribution in [3.05, 3.63) is 57.3 Å². The minimum Gasteiger partial charge on any atom is -0.353 e. The molecule has 5 heteroatoms. The van der Waals surface area contributed by atoms with Crippen LogP contribution in [-0.2, 0) is 6.42 Å². The molecule has 23 heavy (non-hydrogen) atoms. The third-order valence-electron chi connectivity index (χ3n) is 3.95. The van der Waals surface area contributed by atoms with E-state index < -0.39 is 0 Å². The molecule has 0 aliphatic heterocycles. The van der Waals surface area contributed by atoms with Gasteiger partial charge < -0.3 is 10.7 Å². The molecule has 0 spiro atoms. The second-order valence-electron chi connectivity index (χ2n) is 5.54. The molecule has 0 unspecified atom stereocenters. The first-order valence-corrected chi connectivity index (χ1v) is 8.73. The van der Waals surface area contributed by atoms with Crippen molar-refractivity contribution in [3.63, 3.8) is 0 Å². The smallest absolute Gasteiger partial charge is 0.123 e. The first kappa shape index (κ1) is 16.5. The van der Waals surface area contributed by atoms with Crippen LogP contribution in [-0.4, -0.2) is 11.5 Å². The van der Waals surface area contributed by atoms with Gasteiger partial charge in [-0.2, -0.15) is 0 Å². The minimum absolute atomic E-state index is 0.240. The van der Waals surface area contributed by atoms with Gasteiger partial charge in [0.25, 0.3) is 0 Å². The fraction of sp³-hybridized carbons (Fsp3) is 0.222. The van der Waals surface area contributed by atoms with Crippen molar-refractivity contribution in [2.45, 2.75) is 19.3 Å². The maximum Gasteiger partial charge on any atom is 0.123 e. The number of fused-ring (bicyclic) bond motifs is 1. The Labute approximate surface area is 148 Å². The molecule has 2 aromatic carbocycles. The van der Waals surface area contributed by atoms with Crippen LogP contribution in [0.3, 0.4) is 0 Å². The highest BCUT2D eigenvalue weighted by atomic mass is 79.9. The molecule has 0 amide bonds. The summed E-state index contributed by atoms with van der Waals surface area (Å²) in [7, 11) is 0. The number of hydrogen-bond acceptors (Lipinski definition) is 1. The molecule has 3 aromatic rings. The van der Waals surface area contributed by atoms with Gasteiger partial charge in [-0.3, -0.25) is 0 Å². The Morgan fingerprint density at radius 3 is 2.57 bits per heavy atom. The first-order valence-electron chi connectivity index (χ1n) is 7.55. The number of hydrogen-bond donors (Lipinski definition) is 2. The number of aromatic amines is 1. The standard InChI is InChI=1S/C18H17BrClFN2/c19-12-9-15-14(3-1-2-8-22)17(23-18(15)16(20)10-12)11-4-6-13(21)7-5-11/h4-7,9-10,23H,1-3,8,22H2. The highest BCUT2D eigenvalue weighted by Gasteiger charge is 2.15. The quantitative estimate of drug-likeness (QED) is 0.537. The Bertz CT molecular complexity index is 827. The van der Waals surface area contributed by atoms with Crippen molar-refractivity contribution in [1.29, 1.82) is 0 Å². The van der Waals surface area contributed by atoms with Crippen LogP contribution in [0.2, 0.25) is 5.02 Å². The molecular formula is C18H17BrClFN2. The molecule has 0 fully saturated rings. The predicted octanol–water partition coefficient (Wildman–Crippen LogP) is 5.67. The molecule has 0 atom stereocenters. The molecule has 0 aliphatic rings. The average Bonchev–Trinajstić information content (AvgIpc) is 2.87. The molecular weight excluding hydrogens is 379 g/mol. The van der Waals surface area contributed by atoms with Gasteiger partial charge in [0.1, 0.15) is 5.82 Å². The van der Waals surface area contributed by atoms with E-state index in [0.29, 0.717) is 11.6 Å². The van der Waals surface area contributed by atoms with Gasteiger partial charge in [0.2, 0.25) is 0 Å². The summed E-state index contributed by atoms with van der Waals surface area (Å²) in [6.45, 7) is 0.679. The highest BCUT2D eigenvalue weighted by molar-refractivity contribution is 9.10. The summed E-state index contributed by atoms with van der Waals surface area (Å²) in [6, 6.07) is 10.5. The number of unbranched alkanes of at least 4 members (excludes halogenated alkanes) is 1. The molecule has 3 N–H and O–H groups in total. The number of aromatic nitrogens is 1. The van der Waals surface area contributed by atoms with Crippen LogP contribution in [0.1, 0.15) is 18.4 Å². The number of rotatable bonds is 5. The van der Waals surface area contributed by atoms with Gasteiger partial charge in [0, 0.05) is 15.6 Å². The Morgan fingerprint density at radius 1 is 1.13 bits per heavy atom. The lowest BCUT2D eigenvalue weighted by Crippen LogP contribution is -1.99. The fourth-order valence-corrected chi connectivity index (χ4v) is 3.70. The Kier molecular flexibility index (Phi) is 5.05. The summed E-state index contributed by atoms with van der Waals surface area (Å²) in [5, 5.41) is 1.77. The number of benzene rings is 2. The van der Waals surface area contributed by atoms with Crippen molar-refractivity contribution >= 4 is 38.4 Å². The molecule has 0 aliphatic carbocycles.